The highest BCUT2D eigenvalue weighted by atomic mass is 16.7. The van der Waals surface area contributed by atoms with Crippen molar-refractivity contribution in [3.63, 3.8) is 0 Å². The molecule has 2 aliphatic heterocycles. The first kappa shape index (κ1) is 14.5. The molecule has 10 nitrogen and oxygen atoms in total. The maximum Gasteiger partial charge on any atom is 0.331 e. The summed E-state index contributed by atoms with van der Waals surface area (Å²) in [6.07, 6.45) is 1.04. The predicted molar refractivity (Wildman–Crippen MR) is 73.5 cm³/mol. The van der Waals surface area contributed by atoms with Gasteiger partial charge in [0, 0.05) is 7.05 Å². The van der Waals surface area contributed by atoms with Gasteiger partial charge in [-0.2, -0.15) is 0 Å². The lowest BCUT2D eigenvalue weighted by atomic mass is 10.1. The fourth-order valence-corrected chi connectivity index (χ4v) is 2.12. The van der Waals surface area contributed by atoms with Gasteiger partial charge in [0.15, 0.2) is 11.5 Å². The molecule has 0 aromatic heterocycles. The van der Waals surface area contributed by atoms with E-state index < -0.39 is 28.3 Å². The van der Waals surface area contributed by atoms with Crippen LogP contribution in [-0.4, -0.2) is 41.5 Å². The molecule has 118 valence electrons. The molecule has 2 heterocycles. The number of hydrogen-bond acceptors (Lipinski definition) is 7. The second kappa shape index (κ2) is 5.09. The lowest BCUT2D eigenvalue weighted by molar-refractivity contribution is -0.385. The molecule has 4 amide bonds. The van der Waals surface area contributed by atoms with Gasteiger partial charge in [0.2, 0.25) is 6.79 Å². The number of nitro benzene ring substituents is 1. The molecule has 0 saturated carbocycles. The van der Waals surface area contributed by atoms with E-state index in [1.54, 1.807) is 0 Å². The van der Waals surface area contributed by atoms with Gasteiger partial charge in [0.1, 0.15) is 5.57 Å². The number of rotatable bonds is 2. The molecule has 1 saturated heterocycles. The van der Waals surface area contributed by atoms with Crippen LogP contribution in [0.3, 0.4) is 0 Å². The molecule has 1 fully saturated rings. The number of hydrogen-bond donors (Lipinski definition) is 1. The molecule has 10 heteroatoms. The summed E-state index contributed by atoms with van der Waals surface area (Å²) in [5.74, 6) is -1.32. The van der Waals surface area contributed by atoms with Gasteiger partial charge < -0.3 is 9.47 Å². The highest BCUT2D eigenvalue weighted by Crippen LogP contribution is 2.38. The minimum Gasteiger partial charge on any atom is -0.454 e. The highest BCUT2D eigenvalue weighted by Gasteiger charge is 2.34. The number of imide groups is 2. The number of carbonyl (C=O) groups excluding carboxylic acids is 3. The Morgan fingerprint density at radius 2 is 1.91 bits per heavy atom. The third-order valence-corrected chi connectivity index (χ3v) is 3.32. The van der Waals surface area contributed by atoms with E-state index in [2.05, 4.69) is 0 Å². The van der Waals surface area contributed by atoms with E-state index >= 15 is 0 Å². The van der Waals surface area contributed by atoms with Gasteiger partial charge in [-0.3, -0.25) is 29.9 Å². The van der Waals surface area contributed by atoms with Crippen molar-refractivity contribution < 1.29 is 28.8 Å². The average Bonchev–Trinajstić information content (AvgIpc) is 2.95. The number of fused-ring (bicyclic) bond motifs is 1. The SMILES string of the molecule is CN1C(=O)NC(=O)/C(=C/c2cc3c(cc2[N+](=O)[O-])OCO3)C1=O. The van der Waals surface area contributed by atoms with Gasteiger partial charge in [-0.25, -0.2) is 4.79 Å². The molecule has 3 rings (SSSR count). The third-order valence-electron chi connectivity index (χ3n) is 3.32. The first-order valence-corrected chi connectivity index (χ1v) is 6.31. The summed E-state index contributed by atoms with van der Waals surface area (Å²) in [5, 5.41) is 13.1. The standard InChI is InChI=1S/C13H9N3O7/c1-15-12(18)7(11(17)14-13(15)19)2-6-3-9-10(23-5-22-9)4-8(6)16(20)21/h2-4H,5H2,1H3,(H,14,17,19)/b7-2-. The lowest BCUT2D eigenvalue weighted by Gasteiger charge is -2.22. The quantitative estimate of drug-likeness (QED) is 0.362. The summed E-state index contributed by atoms with van der Waals surface area (Å²) < 4.78 is 10.2. The Bertz CT molecular complexity index is 799. The van der Waals surface area contributed by atoms with E-state index in [0.717, 1.165) is 12.1 Å². The number of nitrogens with one attached hydrogen (secondary N) is 1. The molecule has 1 aromatic rings. The predicted octanol–water partition coefficient (Wildman–Crippen LogP) is 0.415. The molecule has 0 atom stereocenters. The topological polar surface area (TPSA) is 128 Å². The van der Waals surface area contributed by atoms with Gasteiger partial charge in [-0.1, -0.05) is 0 Å². The minimum absolute atomic E-state index is 0.0134. The fourth-order valence-electron chi connectivity index (χ4n) is 2.12. The number of likely N-dealkylation sites (N-methyl/N-ethyl adjacent to an activating group) is 1. The molecule has 2 aliphatic rings. The molecular weight excluding hydrogens is 310 g/mol. The van der Waals surface area contributed by atoms with Crippen LogP contribution >= 0.6 is 0 Å². The second-order valence-electron chi connectivity index (χ2n) is 4.70. The second-order valence-corrected chi connectivity index (χ2v) is 4.70. The van der Waals surface area contributed by atoms with Gasteiger partial charge in [0.05, 0.1) is 16.6 Å². The monoisotopic (exact) mass is 319 g/mol. The van der Waals surface area contributed by atoms with Crippen LogP contribution in [0.5, 0.6) is 11.5 Å². The maximum atomic E-state index is 12.0. The molecule has 0 spiro atoms. The van der Waals surface area contributed by atoms with E-state index in [4.69, 9.17) is 9.47 Å². The number of ether oxygens (including phenoxy) is 2. The summed E-state index contributed by atoms with van der Waals surface area (Å²) in [5.41, 5.74) is -0.767. The van der Waals surface area contributed by atoms with E-state index in [-0.39, 0.29) is 29.5 Å². The number of nitro groups is 1. The van der Waals surface area contributed by atoms with Crippen LogP contribution in [0.15, 0.2) is 17.7 Å². The van der Waals surface area contributed by atoms with Crippen molar-refractivity contribution in [1.82, 2.24) is 10.2 Å². The van der Waals surface area contributed by atoms with Gasteiger partial charge in [-0.15, -0.1) is 0 Å². The zero-order chi connectivity index (χ0) is 16.7. The Hall–Kier alpha value is -3.43. The zero-order valence-corrected chi connectivity index (χ0v) is 11.7. The van der Waals surface area contributed by atoms with E-state index in [1.807, 2.05) is 5.32 Å². The molecule has 1 N–H and O–H groups in total. The van der Waals surface area contributed by atoms with Crippen molar-refractivity contribution >= 4 is 29.6 Å². The van der Waals surface area contributed by atoms with E-state index in [9.17, 15) is 24.5 Å². The molecule has 0 radical (unpaired) electrons. The van der Waals surface area contributed by atoms with Gasteiger partial charge in [-0.05, 0) is 12.1 Å². The molecule has 1 aromatic carbocycles. The Balaban J connectivity index is 2.11. The number of amides is 4. The van der Waals surface area contributed by atoms with E-state index in [0.29, 0.717) is 4.90 Å². The number of barbiturate groups is 1. The number of carbonyl (C=O) groups is 3. The molecule has 0 unspecified atom stereocenters. The van der Waals surface area contributed by atoms with Gasteiger partial charge in [0.25, 0.3) is 17.5 Å². The van der Waals surface area contributed by atoms with Crippen molar-refractivity contribution in [1.29, 1.82) is 0 Å². The molecule has 23 heavy (non-hydrogen) atoms. The van der Waals surface area contributed by atoms with Crippen LogP contribution in [0, 0.1) is 10.1 Å². The summed E-state index contributed by atoms with van der Waals surface area (Å²) in [4.78, 5) is 46.4. The van der Waals surface area contributed by atoms with Crippen molar-refractivity contribution in [2.24, 2.45) is 0 Å². The molecule has 0 aliphatic carbocycles. The minimum atomic E-state index is -0.926. The normalized spacial score (nSPS) is 18.4. The van der Waals surface area contributed by atoms with Crippen molar-refractivity contribution in [3.05, 3.63) is 33.4 Å². The van der Waals surface area contributed by atoms with Crippen molar-refractivity contribution in [3.8, 4) is 11.5 Å². The average molecular weight is 319 g/mol. The van der Waals surface area contributed by atoms with E-state index in [1.165, 1.54) is 13.1 Å². The highest BCUT2D eigenvalue weighted by molar-refractivity contribution is 6.31. The zero-order valence-electron chi connectivity index (χ0n) is 11.7. The third kappa shape index (κ3) is 2.35. The van der Waals surface area contributed by atoms with Crippen molar-refractivity contribution in [2.75, 3.05) is 13.8 Å². The summed E-state index contributed by atoms with van der Waals surface area (Å²) in [7, 11) is 1.19. The van der Waals surface area contributed by atoms with Crippen LogP contribution in [0.2, 0.25) is 0 Å². The lowest BCUT2D eigenvalue weighted by Crippen LogP contribution is -2.52. The molecular formula is C13H9N3O7. The van der Waals surface area contributed by atoms with Crippen LogP contribution in [0.4, 0.5) is 10.5 Å². The fraction of sp³-hybridized carbons (Fsp3) is 0.154. The maximum absolute atomic E-state index is 12.0. The van der Waals surface area contributed by atoms with Gasteiger partial charge >= 0.3 is 6.03 Å². The Morgan fingerprint density at radius 3 is 2.57 bits per heavy atom. The number of urea groups is 1. The van der Waals surface area contributed by atoms with Crippen LogP contribution < -0.4 is 14.8 Å². The van der Waals surface area contributed by atoms with Crippen LogP contribution in [0.25, 0.3) is 6.08 Å². The van der Waals surface area contributed by atoms with Crippen LogP contribution in [-0.2, 0) is 9.59 Å². The largest absolute Gasteiger partial charge is 0.454 e. The van der Waals surface area contributed by atoms with Crippen LogP contribution in [0.1, 0.15) is 5.56 Å². The Labute approximate surface area is 128 Å². The molecule has 0 bridgehead atoms. The number of benzene rings is 1. The van der Waals surface area contributed by atoms with Crippen molar-refractivity contribution in [2.45, 2.75) is 0 Å². The summed E-state index contributed by atoms with van der Waals surface area (Å²) in [6, 6.07) is 1.58. The summed E-state index contributed by atoms with van der Waals surface area (Å²) in [6.45, 7) is -0.0802. The smallest absolute Gasteiger partial charge is 0.331 e. The number of nitrogens with zero attached hydrogens (tertiary/aromatic N) is 2. The first-order chi connectivity index (χ1) is 10.9. The first-order valence-electron chi connectivity index (χ1n) is 6.31. The Morgan fingerprint density at radius 1 is 1.26 bits per heavy atom. The summed E-state index contributed by atoms with van der Waals surface area (Å²) >= 11 is 0. The Kier molecular flexibility index (Phi) is 3.21.